The molecule has 0 saturated carbocycles. The lowest BCUT2D eigenvalue weighted by Gasteiger charge is -1.91. The molecule has 0 unspecified atom stereocenters. The number of thiophene rings is 1. The molecule has 0 atom stereocenters. The van der Waals surface area contributed by atoms with E-state index in [0.29, 0.717) is 12.1 Å². The first-order valence-electron chi connectivity index (χ1n) is 4.67. The molecule has 2 heterocycles. The van der Waals surface area contributed by atoms with Crippen molar-refractivity contribution in [1.82, 2.24) is 0 Å². The topological polar surface area (TPSA) is 56.2 Å². The third-order valence-corrected chi connectivity index (χ3v) is 3.20. The van der Waals surface area contributed by atoms with E-state index < -0.39 is 0 Å². The Kier molecular flexibility index (Phi) is 4.92. The number of carbonyl (C=O) groups excluding carboxylic acids is 1. The molecule has 0 amide bonds. The summed E-state index contributed by atoms with van der Waals surface area (Å²) in [4.78, 5) is 13.7. The Morgan fingerprint density at radius 3 is 2.81 bits per heavy atom. The first kappa shape index (κ1) is 13.2. The van der Waals surface area contributed by atoms with Crippen molar-refractivity contribution < 1.29 is 9.21 Å². The predicted octanol–water partition coefficient (Wildman–Crippen LogP) is 2.65. The zero-order chi connectivity index (χ0) is 10.7. The van der Waals surface area contributed by atoms with Gasteiger partial charge in [-0.25, -0.2) is 0 Å². The molecule has 3 nitrogen and oxygen atoms in total. The van der Waals surface area contributed by atoms with E-state index in [0.717, 1.165) is 16.2 Å². The quantitative estimate of drug-likeness (QED) is 0.883. The molecular weight excluding hydrogens is 290 g/mol. The van der Waals surface area contributed by atoms with Crippen LogP contribution in [0.15, 0.2) is 35.1 Å². The fourth-order valence-electron chi connectivity index (χ4n) is 1.31. The van der Waals surface area contributed by atoms with E-state index in [1.807, 2.05) is 12.1 Å². The summed E-state index contributed by atoms with van der Waals surface area (Å²) in [6.45, 7) is 0.611. The second kappa shape index (κ2) is 5.98. The zero-order valence-electron chi connectivity index (χ0n) is 8.51. The first-order chi connectivity index (χ1) is 7.31. The Morgan fingerprint density at radius 1 is 1.38 bits per heavy atom. The van der Waals surface area contributed by atoms with Gasteiger partial charge in [0.15, 0.2) is 0 Å². The zero-order valence-corrected chi connectivity index (χ0v) is 11.0. The van der Waals surface area contributed by atoms with Crippen LogP contribution in [0, 0.1) is 0 Å². The number of hydrogen-bond acceptors (Lipinski definition) is 4. The standard InChI is InChI=1S/C11H11NO2S.BrH/c12-5-3-9-1-2-10(15-9)11(13)8-4-6-14-7-8;/h1-2,4,6-7H,3,5,12H2;1H. The molecule has 16 heavy (non-hydrogen) atoms. The van der Waals surface area contributed by atoms with Crippen molar-refractivity contribution >= 4 is 34.1 Å². The molecule has 0 aliphatic rings. The number of nitrogens with two attached hydrogens (primary N) is 1. The van der Waals surface area contributed by atoms with Gasteiger partial charge in [-0.1, -0.05) is 0 Å². The van der Waals surface area contributed by atoms with Crippen LogP contribution < -0.4 is 5.73 Å². The Labute approximate surface area is 108 Å². The van der Waals surface area contributed by atoms with Gasteiger partial charge in [-0.3, -0.25) is 4.79 Å². The van der Waals surface area contributed by atoms with Crippen molar-refractivity contribution in [3.8, 4) is 0 Å². The number of hydrogen-bond donors (Lipinski definition) is 1. The summed E-state index contributed by atoms with van der Waals surface area (Å²) in [6.07, 6.45) is 3.79. The van der Waals surface area contributed by atoms with Crippen molar-refractivity contribution in [2.24, 2.45) is 5.73 Å². The Morgan fingerprint density at radius 2 is 2.19 bits per heavy atom. The molecule has 0 spiro atoms. The third kappa shape index (κ3) is 2.81. The molecular formula is C11H12BrNO2S. The average molecular weight is 302 g/mol. The van der Waals surface area contributed by atoms with Gasteiger partial charge in [0.1, 0.15) is 6.26 Å². The summed E-state index contributed by atoms with van der Waals surface area (Å²) in [5.74, 6) is 0.0111. The number of ketones is 1. The van der Waals surface area contributed by atoms with Crippen molar-refractivity contribution in [1.29, 1.82) is 0 Å². The van der Waals surface area contributed by atoms with E-state index in [2.05, 4.69) is 0 Å². The van der Waals surface area contributed by atoms with Crippen molar-refractivity contribution in [2.45, 2.75) is 6.42 Å². The second-order valence-electron chi connectivity index (χ2n) is 3.15. The maximum atomic E-state index is 11.8. The summed E-state index contributed by atoms with van der Waals surface area (Å²) in [7, 11) is 0. The number of carbonyl (C=O) groups is 1. The van der Waals surface area contributed by atoms with Crippen molar-refractivity contribution in [3.63, 3.8) is 0 Å². The molecule has 0 saturated heterocycles. The molecule has 0 bridgehead atoms. The number of rotatable bonds is 4. The third-order valence-electron chi connectivity index (χ3n) is 2.06. The van der Waals surface area contributed by atoms with Gasteiger partial charge in [0.05, 0.1) is 16.7 Å². The molecule has 86 valence electrons. The first-order valence-corrected chi connectivity index (χ1v) is 5.48. The van der Waals surface area contributed by atoms with Crippen LogP contribution in [0.3, 0.4) is 0 Å². The molecule has 5 heteroatoms. The van der Waals surface area contributed by atoms with Crippen LogP contribution in [0.2, 0.25) is 0 Å². The fraction of sp³-hybridized carbons (Fsp3) is 0.182. The summed E-state index contributed by atoms with van der Waals surface area (Å²) in [5, 5.41) is 0. The van der Waals surface area contributed by atoms with Gasteiger partial charge in [-0.15, -0.1) is 28.3 Å². The second-order valence-corrected chi connectivity index (χ2v) is 4.31. The molecule has 2 N–H and O–H groups in total. The van der Waals surface area contributed by atoms with E-state index in [1.165, 1.54) is 23.9 Å². The molecule has 0 fully saturated rings. The smallest absolute Gasteiger partial charge is 0.206 e. The Bertz CT molecular complexity index is 450. The van der Waals surface area contributed by atoms with E-state index in [9.17, 15) is 4.79 Å². The Balaban J connectivity index is 0.00000128. The van der Waals surface area contributed by atoms with Gasteiger partial charge in [-0.2, -0.15) is 0 Å². The van der Waals surface area contributed by atoms with Gasteiger partial charge in [0.2, 0.25) is 5.78 Å². The van der Waals surface area contributed by atoms with Gasteiger partial charge >= 0.3 is 0 Å². The van der Waals surface area contributed by atoms with Gasteiger partial charge in [-0.05, 0) is 31.2 Å². The highest BCUT2D eigenvalue weighted by Crippen LogP contribution is 2.20. The van der Waals surface area contributed by atoms with Crippen molar-refractivity contribution in [2.75, 3.05) is 6.54 Å². The molecule has 2 aromatic heterocycles. The summed E-state index contributed by atoms with van der Waals surface area (Å²) in [6, 6.07) is 5.46. The van der Waals surface area contributed by atoms with Crippen LogP contribution in [-0.4, -0.2) is 12.3 Å². The number of halogens is 1. The highest BCUT2D eigenvalue weighted by Gasteiger charge is 2.12. The van der Waals surface area contributed by atoms with E-state index >= 15 is 0 Å². The SMILES string of the molecule is Br.NCCc1ccc(C(=O)c2ccoc2)s1. The van der Waals surface area contributed by atoms with Gasteiger partial charge < -0.3 is 10.2 Å². The number of furan rings is 1. The average Bonchev–Trinajstić information content (AvgIpc) is 2.87. The molecule has 0 aromatic carbocycles. The molecule has 0 aliphatic heterocycles. The minimum Gasteiger partial charge on any atom is -0.472 e. The summed E-state index contributed by atoms with van der Waals surface area (Å²) < 4.78 is 4.88. The maximum Gasteiger partial charge on any atom is 0.206 e. The monoisotopic (exact) mass is 301 g/mol. The maximum absolute atomic E-state index is 11.8. The highest BCUT2D eigenvalue weighted by atomic mass is 79.9. The Hall–Kier alpha value is -0.910. The fourth-order valence-corrected chi connectivity index (χ4v) is 2.30. The van der Waals surface area contributed by atoms with Gasteiger partial charge in [0, 0.05) is 4.88 Å². The lowest BCUT2D eigenvalue weighted by Crippen LogP contribution is -2.00. The minimum atomic E-state index is 0. The van der Waals surface area contributed by atoms with E-state index in [4.69, 9.17) is 10.2 Å². The van der Waals surface area contributed by atoms with Crippen LogP contribution in [0.4, 0.5) is 0 Å². The van der Waals surface area contributed by atoms with E-state index in [1.54, 1.807) is 6.07 Å². The molecule has 2 aromatic rings. The van der Waals surface area contributed by atoms with Crippen LogP contribution >= 0.6 is 28.3 Å². The lowest BCUT2D eigenvalue weighted by molar-refractivity contribution is 0.104. The molecule has 2 rings (SSSR count). The highest BCUT2D eigenvalue weighted by molar-refractivity contribution is 8.93. The normalized spacial score (nSPS) is 9.81. The van der Waals surface area contributed by atoms with Crippen LogP contribution in [-0.2, 0) is 6.42 Å². The van der Waals surface area contributed by atoms with Crippen LogP contribution in [0.1, 0.15) is 20.1 Å². The summed E-state index contributed by atoms with van der Waals surface area (Å²) >= 11 is 1.49. The lowest BCUT2D eigenvalue weighted by atomic mass is 10.2. The van der Waals surface area contributed by atoms with Crippen molar-refractivity contribution in [3.05, 3.63) is 46.0 Å². The molecule has 0 aliphatic carbocycles. The van der Waals surface area contributed by atoms with Crippen LogP contribution in [0.5, 0.6) is 0 Å². The molecule has 0 radical (unpaired) electrons. The largest absolute Gasteiger partial charge is 0.472 e. The van der Waals surface area contributed by atoms with Crippen LogP contribution in [0.25, 0.3) is 0 Å². The predicted molar refractivity (Wildman–Crippen MR) is 69.5 cm³/mol. The minimum absolute atomic E-state index is 0. The van der Waals surface area contributed by atoms with E-state index in [-0.39, 0.29) is 22.8 Å². The van der Waals surface area contributed by atoms with Gasteiger partial charge in [0.25, 0.3) is 0 Å². The summed E-state index contributed by atoms with van der Waals surface area (Å²) in [5.41, 5.74) is 6.04.